The predicted molar refractivity (Wildman–Crippen MR) is 67.0 cm³/mol. The Kier molecular flexibility index (Phi) is 4.66. The highest BCUT2D eigenvalue weighted by molar-refractivity contribution is 7.89. The van der Waals surface area contributed by atoms with Crippen molar-refractivity contribution < 1.29 is 17.9 Å². The van der Waals surface area contributed by atoms with Crippen LogP contribution in [0, 0.1) is 12.7 Å². The Morgan fingerprint density at radius 1 is 1.50 bits per heavy atom. The van der Waals surface area contributed by atoms with Crippen molar-refractivity contribution in [2.45, 2.75) is 31.3 Å². The van der Waals surface area contributed by atoms with Gasteiger partial charge in [-0.3, -0.25) is 0 Å². The van der Waals surface area contributed by atoms with E-state index in [2.05, 4.69) is 4.72 Å². The summed E-state index contributed by atoms with van der Waals surface area (Å²) in [5, 5.41) is 9.32. The van der Waals surface area contributed by atoms with Crippen LogP contribution in [0.5, 0.6) is 0 Å². The number of nitrogen functional groups attached to an aromatic ring is 1. The van der Waals surface area contributed by atoms with Crippen LogP contribution in [0.3, 0.4) is 0 Å². The van der Waals surface area contributed by atoms with E-state index in [0.29, 0.717) is 6.42 Å². The molecular formula is C11H17FN2O3S. The Hall–Kier alpha value is -1.18. The number of nitrogens with two attached hydrogens (primary N) is 1. The lowest BCUT2D eigenvalue weighted by Gasteiger charge is -2.12. The summed E-state index contributed by atoms with van der Waals surface area (Å²) >= 11 is 0. The number of anilines is 1. The molecule has 7 heteroatoms. The highest BCUT2D eigenvalue weighted by Gasteiger charge is 2.19. The van der Waals surface area contributed by atoms with Crippen LogP contribution in [0.1, 0.15) is 18.9 Å². The lowest BCUT2D eigenvalue weighted by Crippen LogP contribution is -2.32. The molecule has 1 aromatic carbocycles. The molecule has 0 aliphatic carbocycles. The average molecular weight is 276 g/mol. The van der Waals surface area contributed by atoms with Crippen molar-refractivity contribution in [3.63, 3.8) is 0 Å². The van der Waals surface area contributed by atoms with Crippen molar-refractivity contribution >= 4 is 15.7 Å². The zero-order valence-electron chi connectivity index (χ0n) is 10.3. The van der Waals surface area contributed by atoms with E-state index in [4.69, 9.17) is 5.73 Å². The van der Waals surface area contributed by atoms with Gasteiger partial charge in [-0.25, -0.2) is 17.5 Å². The number of aliphatic hydroxyl groups excluding tert-OH is 1. The summed E-state index contributed by atoms with van der Waals surface area (Å²) < 4.78 is 39.3. The molecule has 0 aromatic heterocycles. The fraction of sp³-hybridized carbons (Fsp3) is 0.455. The van der Waals surface area contributed by atoms with Gasteiger partial charge < -0.3 is 10.8 Å². The Morgan fingerprint density at radius 2 is 2.11 bits per heavy atom. The van der Waals surface area contributed by atoms with Gasteiger partial charge in [0.05, 0.1) is 16.7 Å². The molecule has 0 bridgehead atoms. The van der Waals surface area contributed by atoms with Crippen LogP contribution in [0.15, 0.2) is 17.0 Å². The molecule has 0 saturated carbocycles. The second-order valence-electron chi connectivity index (χ2n) is 4.05. The van der Waals surface area contributed by atoms with Gasteiger partial charge in [0.15, 0.2) is 0 Å². The van der Waals surface area contributed by atoms with Crippen LogP contribution in [-0.4, -0.2) is 26.2 Å². The number of sulfonamides is 1. The second kappa shape index (κ2) is 5.64. The molecule has 0 saturated heterocycles. The minimum atomic E-state index is -3.79. The predicted octanol–water partition coefficient (Wildman–Crippen LogP) is 0.766. The molecule has 18 heavy (non-hydrogen) atoms. The maximum Gasteiger partial charge on any atom is 0.240 e. The van der Waals surface area contributed by atoms with Crippen LogP contribution >= 0.6 is 0 Å². The number of hydrogen-bond donors (Lipinski definition) is 3. The molecular weight excluding hydrogens is 259 g/mol. The summed E-state index contributed by atoms with van der Waals surface area (Å²) in [6, 6.07) is 2.14. The van der Waals surface area contributed by atoms with E-state index in [1.54, 1.807) is 6.92 Å². The van der Waals surface area contributed by atoms with E-state index in [-0.39, 0.29) is 22.7 Å². The largest absolute Gasteiger partial charge is 0.396 e. The van der Waals surface area contributed by atoms with Crippen LogP contribution in [-0.2, 0) is 10.0 Å². The highest BCUT2D eigenvalue weighted by atomic mass is 32.2. The first-order valence-corrected chi connectivity index (χ1v) is 6.99. The number of aliphatic hydroxyl groups is 1. The van der Waals surface area contributed by atoms with Gasteiger partial charge in [-0.15, -0.1) is 0 Å². The topological polar surface area (TPSA) is 92.4 Å². The number of halogens is 1. The lowest BCUT2D eigenvalue weighted by molar-refractivity contribution is 0.174. The van der Waals surface area contributed by atoms with Gasteiger partial charge in [0.25, 0.3) is 0 Å². The Labute approximate surface area is 106 Å². The molecule has 0 aliphatic rings. The van der Waals surface area contributed by atoms with Gasteiger partial charge in [0.1, 0.15) is 5.82 Å². The Bertz CT molecular complexity index is 531. The summed E-state index contributed by atoms with van der Waals surface area (Å²) in [6.07, 6.45) is -0.314. The third kappa shape index (κ3) is 3.41. The second-order valence-corrected chi connectivity index (χ2v) is 5.79. The third-order valence-corrected chi connectivity index (χ3v) is 4.13. The van der Waals surface area contributed by atoms with Gasteiger partial charge in [-0.05, 0) is 31.0 Å². The molecule has 102 valence electrons. The zero-order valence-corrected chi connectivity index (χ0v) is 11.1. The standard InChI is InChI=1S/C11H17FN2O3S/c1-3-8(15)6-14-18(16,17)11-5-10(13)9(12)4-7(11)2/h4-5,8,14-15H,3,6,13H2,1-2H3. The molecule has 0 spiro atoms. The van der Waals surface area contributed by atoms with Crippen LogP contribution in [0.4, 0.5) is 10.1 Å². The summed E-state index contributed by atoms with van der Waals surface area (Å²) in [4.78, 5) is -0.0790. The number of hydrogen-bond acceptors (Lipinski definition) is 4. The van der Waals surface area contributed by atoms with Crippen LogP contribution in [0.2, 0.25) is 0 Å². The van der Waals surface area contributed by atoms with Gasteiger partial charge in [0, 0.05) is 6.54 Å². The molecule has 1 aromatic rings. The molecule has 5 nitrogen and oxygen atoms in total. The lowest BCUT2D eigenvalue weighted by atomic mass is 10.2. The molecule has 0 fully saturated rings. The molecule has 4 N–H and O–H groups in total. The summed E-state index contributed by atoms with van der Waals surface area (Å²) in [5.41, 5.74) is 5.39. The third-order valence-electron chi connectivity index (χ3n) is 2.56. The molecule has 1 atom stereocenters. The normalized spacial score (nSPS) is 13.6. The summed E-state index contributed by atoms with van der Waals surface area (Å²) in [7, 11) is -3.79. The number of aryl methyl sites for hydroxylation is 1. The van der Waals surface area contributed by atoms with Crippen molar-refractivity contribution in [2.75, 3.05) is 12.3 Å². The number of nitrogens with one attached hydrogen (secondary N) is 1. The summed E-state index contributed by atoms with van der Waals surface area (Å²) in [5.74, 6) is -0.653. The van der Waals surface area contributed by atoms with Crippen molar-refractivity contribution in [2.24, 2.45) is 0 Å². The first-order valence-electron chi connectivity index (χ1n) is 5.51. The van der Waals surface area contributed by atoms with Crippen molar-refractivity contribution in [1.82, 2.24) is 4.72 Å². The first kappa shape index (κ1) is 14.9. The van der Waals surface area contributed by atoms with E-state index < -0.39 is 21.9 Å². The monoisotopic (exact) mass is 276 g/mol. The molecule has 1 unspecified atom stereocenters. The van der Waals surface area contributed by atoms with Gasteiger partial charge in [-0.1, -0.05) is 6.92 Å². The van der Waals surface area contributed by atoms with Gasteiger partial charge in [-0.2, -0.15) is 0 Å². The molecule has 0 amide bonds. The fourth-order valence-corrected chi connectivity index (χ4v) is 2.72. The minimum Gasteiger partial charge on any atom is -0.396 e. The summed E-state index contributed by atoms with van der Waals surface area (Å²) in [6.45, 7) is 3.13. The van der Waals surface area contributed by atoms with E-state index in [1.165, 1.54) is 6.92 Å². The van der Waals surface area contributed by atoms with E-state index in [9.17, 15) is 17.9 Å². The SMILES string of the molecule is CCC(O)CNS(=O)(=O)c1cc(N)c(F)cc1C. The van der Waals surface area contributed by atoms with E-state index in [1.807, 2.05) is 0 Å². The zero-order chi connectivity index (χ0) is 13.9. The minimum absolute atomic E-state index is 0.0790. The van der Waals surface area contributed by atoms with Crippen LogP contribution < -0.4 is 10.5 Å². The van der Waals surface area contributed by atoms with E-state index >= 15 is 0 Å². The molecule has 0 radical (unpaired) electrons. The van der Waals surface area contributed by atoms with Crippen LogP contribution in [0.25, 0.3) is 0 Å². The average Bonchev–Trinajstić information content (AvgIpc) is 2.30. The van der Waals surface area contributed by atoms with Gasteiger partial charge in [0.2, 0.25) is 10.0 Å². The fourth-order valence-electron chi connectivity index (χ4n) is 1.39. The Morgan fingerprint density at radius 3 is 2.67 bits per heavy atom. The smallest absolute Gasteiger partial charge is 0.240 e. The highest BCUT2D eigenvalue weighted by Crippen LogP contribution is 2.21. The number of rotatable bonds is 5. The number of benzene rings is 1. The Balaban J connectivity index is 3.02. The maximum absolute atomic E-state index is 13.1. The maximum atomic E-state index is 13.1. The van der Waals surface area contributed by atoms with Crippen molar-refractivity contribution in [3.8, 4) is 0 Å². The molecule has 0 aliphatic heterocycles. The molecule has 1 rings (SSSR count). The van der Waals surface area contributed by atoms with E-state index in [0.717, 1.165) is 12.1 Å². The van der Waals surface area contributed by atoms with Gasteiger partial charge >= 0.3 is 0 Å². The van der Waals surface area contributed by atoms with Crippen molar-refractivity contribution in [3.05, 3.63) is 23.5 Å². The quantitative estimate of drug-likeness (QED) is 0.692. The van der Waals surface area contributed by atoms with Crippen molar-refractivity contribution in [1.29, 1.82) is 0 Å². The first-order chi connectivity index (χ1) is 8.27. The molecule has 0 heterocycles.